The van der Waals surface area contributed by atoms with E-state index in [4.69, 9.17) is 30.5 Å². The standard InChI is InChI=1S/C26H29ClN4O5/c1-17-13-19(5-6-20(17)27)36-16-25(32)31-11-9-30(10-12-31)24-8-7-21(28-29-24)18-14-22(33-2)26(35-4)23(15-18)34-3/h5-8,13-15H,9-12,16H2,1-4H3. The maximum atomic E-state index is 12.6. The van der Waals surface area contributed by atoms with Crippen molar-refractivity contribution in [2.24, 2.45) is 0 Å². The molecule has 9 nitrogen and oxygen atoms in total. The van der Waals surface area contributed by atoms with Crippen LogP contribution in [-0.4, -0.2) is 75.1 Å². The number of carbonyl (C=O) groups is 1. The van der Waals surface area contributed by atoms with Crippen LogP contribution in [0.25, 0.3) is 11.3 Å². The van der Waals surface area contributed by atoms with Crippen molar-refractivity contribution in [3.05, 3.63) is 53.1 Å². The Morgan fingerprint density at radius 1 is 0.917 bits per heavy atom. The molecule has 2 aromatic carbocycles. The van der Waals surface area contributed by atoms with Crippen LogP contribution in [0.3, 0.4) is 0 Å². The van der Waals surface area contributed by atoms with Crippen LogP contribution in [0.1, 0.15) is 5.56 Å². The fourth-order valence-electron chi connectivity index (χ4n) is 4.01. The van der Waals surface area contributed by atoms with E-state index in [1.807, 2.05) is 37.3 Å². The highest BCUT2D eigenvalue weighted by atomic mass is 35.5. The van der Waals surface area contributed by atoms with Gasteiger partial charge < -0.3 is 28.7 Å². The molecule has 2 heterocycles. The number of ether oxygens (including phenoxy) is 4. The molecule has 0 N–H and O–H groups in total. The first kappa shape index (κ1) is 25.4. The number of benzene rings is 2. The number of amides is 1. The Kier molecular flexibility index (Phi) is 8.00. The fourth-order valence-corrected chi connectivity index (χ4v) is 4.12. The van der Waals surface area contributed by atoms with Crippen molar-refractivity contribution in [3.8, 4) is 34.3 Å². The molecule has 0 aliphatic carbocycles. The van der Waals surface area contributed by atoms with E-state index in [1.165, 1.54) is 0 Å². The predicted molar refractivity (Wildman–Crippen MR) is 138 cm³/mol. The van der Waals surface area contributed by atoms with Crippen LogP contribution in [0.15, 0.2) is 42.5 Å². The second kappa shape index (κ2) is 11.3. The van der Waals surface area contributed by atoms with Crippen LogP contribution in [0.2, 0.25) is 5.02 Å². The summed E-state index contributed by atoms with van der Waals surface area (Å²) in [4.78, 5) is 16.5. The van der Waals surface area contributed by atoms with E-state index >= 15 is 0 Å². The van der Waals surface area contributed by atoms with Crippen LogP contribution >= 0.6 is 11.6 Å². The zero-order valence-electron chi connectivity index (χ0n) is 20.8. The number of rotatable bonds is 8. The van der Waals surface area contributed by atoms with Gasteiger partial charge in [0.05, 0.1) is 27.0 Å². The van der Waals surface area contributed by atoms with E-state index in [2.05, 4.69) is 15.1 Å². The summed E-state index contributed by atoms with van der Waals surface area (Å²) < 4.78 is 21.9. The summed E-state index contributed by atoms with van der Waals surface area (Å²) in [6.07, 6.45) is 0. The first-order valence-corrected chi connectivity index (χ1v) is 11.9. The first-order valence-electron chi connectivity index (χ1n) is 11.5. The quantitative estimate of drug-likeness (QED) is 0.450. The zero-order valence-corrected chi connectivity index (χ0v) is 21.5. The molecule has 190 valence electrons. The predicted octanol–water partition coefficient (Wildman–Crippen LogP) is 3.86. The Labute approximate surface area is 215 Å². The lowest BCUT2D eigenvalue weighted by molar-refractivity contribution is -0.133. The molecule has 1 aliphatic rings. The lowest BCUT2D eigenvalue weighted by Crippen LogP contribution is -2.50. The Balaban J connectivity index is 1.35. The van der Waals surface area contributed by atoms with E-state index in [-0.39, 0.29) is 12.5 Å². The number of carbonyl (C=O) groups excluding carboxylic acids is 1. The number of piperazine rings is 1. The summed E-state index contributed by atoms with van der Waals surface area (Å²) in [5, 5.41) is 9.50. The lowest BCUT2D eigenvalue weighted by Gasteiger charge is -2.35. The molecule has 1 fully saturated rings. The van der Waals surface area contributed by atoms with E-state index in [0.717, 1.165) is 16.9 Å². The normalized spacial score (nSPS) is 13.4. The van der Waals surface area contributed by atoms with Crippen molar-refractivity contribution >= 4 is 23.3 Å². The van der Waals surface area contributed by atoms with Gasteiger partial charge in [-0.15, -0.1) is 10.2 Å². The smallest absolute Gasteiger partial charge is 0.260 e. The van der Waals surface area contributed by atoms with Gasteiger partial charge in [-0.3, -0.25) is 4.79 Å². The van der Waals surface area contributed by atoms with E-state index < -0.39 is 0 Å². The molecule has 0 spiro atoms. The molecular formula is C26H29ClN4O5. The summed E-state index contributed by atoms with van der Waals surface area (Å²) >= 11 is 6.05. The highest BCUT2D eigenvalue weighted by molar-refractivity contribution is 6.31. The summed E-state index contributed by atoms with van der Waals surface area (Å²) in [6.45, 7) is 4.37. The van der Waals surface area contributed by atoms with Crippen molar-refractivity contribution < 1.29 is 23.7 Å². The van der Waals surface area contributed by atoms with Crippen LogP contribution in [0.5, 0.6) is 23.0 Å². The summed E-state index contributed by atoms with van der Waals surface area (Å²) in [6, 6.07) is 12.9. The number of anilines is 1. The summed E-state index contributed by atoms with van der Waals surface area (Å²) in [7, 11) is 4.71. The topological polar surface area (TPSA) is 86.3 Å². The number of aryl methyl sites for hydroxylation is 1. The van der Waals surface area contributed by atoms with Gasteiger partial charge in [-0.1, -0.05) is 11.6 Å². The van der Waals surface area contributed by atoms with Gasteiger partial charge in [0.15, 0.2) is 23.9 Å². The second-order valence-corrected chi connectivity index (χ2v) is 8.67. The van der Waals surface area contributed by atoms with E-state index in [1.54, 1.807) is 38.4 Å². The Hall–Kier alpha value is -3.72. The lowest BCUT2D eigenvalue weighted by atomic mass is 10.1. The molecule has 0 radical (unpaired) electrons. The van der Waals surface area contributed by atoms with E-state index in [9.17, 15) is 4.79 Å². The molecule has 4 rings (SSSR count). The Morgan fingerprint density at radius 3 is 2.17 bits per heavy atom. The third-order valence-corrected chi connectivity index (χ3v) is 6.48. The van der Waals surface area contributed by atoms with Gasteiger partial charge in [-0.25, -0.2) is 0 Å². The zero-order chi connectivity index (χ0) is 25.7. The first-order chi connectivity index (χ1) is 17.4. The summed E-state index contributed by atoms with van der Waals surface area (Å²) in [5.41, 5.74) is 2.39. The van der Waals surface area contributed by atoms with Gasteiger partial charge in [0, 0.05) is 36.8 Å². The monoisotopic (exact) mass is 512 g/mol. The highest BCUT2D eigenvalue weighted by Gasteiger charge is 2.23. The third-order valence-electron chi connectivity index (χ3n) is 6.06. The second-order valence-electron chi connectivity index (χ2n) is 8.26. The molecule has 0 unspecified atom stereocenters. The molecule has 1 aliphatic heterocycles. The molecule has 0 bridgehead atoms. The molecule has 36 heavy (non-hydrogen) atoms. The van der Waals surface area contributed by atoms with Crippen LogP contribution < -0.4 is 23.8 Å². The molecule has 1 amide bonds. The SMILES string of the molecule is COc1cc(-c2ccc(N3CCN(C(=O)COc4ccc(Cl)c(C)c4)CC3)nn2)cc(OC)c1OC. The van der Waals surface area contributed by atoms with Gasteiger partial charge in [0.2, 0.25) is 5.75 Å². The summed E-state index contributed by atoms with van der Waals surface area (Å²) in [5.74, 6) is 2.96. The van der Waals surface area contributed by atoms with Gasteiger partial charge in [0.25, 0.3) is 5.91 Å². The fraction of sp³-hybridized carbons (Fsp3) is 0.346. The largest absolute Gasteiger partial charge is 0.493 e. The van der Waals surface area contributed by atoms with Crippen LogP contribution in [0, 0.1) is 6.92 Å². The molecule has 10 heteroatoms. The van der Waals surface area contributed by atoms with Gasteiger partial charge >= 0.3 is 0 Å². The van der Waals surface area contributed by atoms with Crippen LogP contribution in [0.4, 0.5) is 5.82 Å². The minimum absolute atomic E-state index is 0.00956. The maximum absolute atomic E-state index is 12.6. The Bertz CT molecular complexity index is 1190. The number of hydrogen-bond acceptors (Lipinski definition) is 8. The Morgan fingerprint density at radius 2 is 1.61 bits per heavy atom. The average molecular weight is 513 g/mol. The van der Waals surface area contributed by atoms with Crippen molar-refractivity contribution in [2.45, 2.75) is 6.92 Å². The maximum Gasteiger partial charge on any atom is 0.260 e. The minimum Gasteiger partial charge on any atom is -0.493 e. The number of methoxy groups -OCH3 is 3. The number of hydrogen-bond donors (Lipinski definition) is 0. The van der Waals surface area contributed by atoms with Crippen molar-refractivity contribution in [1.29, 1.82) is 0 Å². The third kappa shape index (κ3) is 5.57. The molecule has 0 atom stereocenters. The van der Waals surface area contributed by atoms with E-state index in [0.29, 0.717) is 59.9 Å². The van der Waals surface area contributed by atoms with Gasteiger partial charge in [-0.05, 0) is 55.0 Å². The van der Waals surface area contributed by atoms with Gasteiger partial charge in [-0.2, -0.15) is 0 Å². The van der Waals surface area contributed by atoms with Crippen LogP contribution in [-0.2, 0) is 4.79 Å². The van der Waals surface area contributed by atoms with Gasteiger partial charge in [0.1, 0.15) is 5.75 Å². The molecule has 1 aromatic heterocycles. The highest BCUT2D eigenvalue weighted by Crippen LogP contribution is 2.40. The molecular weight excluding hydrogens is 484 g/mol. The number of nitrogens with zero attached hydrogens (tertiary/aromatic N) is 4. The van der Waals surface area contributed by atoms with Crippen molar-refractivity contribution in [3.63, 3.8) is 0 Å². The van der Waals surface area contributed by atoms with Crippen molar-refractivity contribution in [2.75, 3.05) is 59.0 Å². The number of halogens is 1. The number of aromatic nitrogens is 2. The molecule has 1 saturated heterocycles. The average Bonchev–Trinajstić information content (AvgIpc) is 2.92. The minimum atomic E-state index is -0.0499. The molecule has 0 saturated carbocycles. The molecule has 3 aromatic rings. The van der Waals surface area contributed by atoms with Crippen molar-refractivity contribution in [1.82, 2.24) is 15.1 Å².